The van der Waals surface area contributed by atoms with E-state index in [1.165, 1.54) is 0 Å². The first-order valence-corrected chi connectivity index (χ1v) is 2.63. The van der Waals surface area contributed by atoms with Crippen molar-refractivity contribution < 1.29 is 34.4 Å². The molecule has 0 heterocycles. The number of ketones is 1. The molecule has 0 bridgehead atoms. The van der Waals surface area contributed by atoms with Crippen molar-refractivity contribution in [3.8, 4) is 6.07 Å². The predicted octanol–water partition coefficient (Wildman–Crippen LogP) is -2.16. The molecule has 0 unspecified atom stereocenters. The molecule has 3 heteroatoms. The van der Waals surface area contributed by atoms with Gasteiger partial charge in [0.2, 0.25) is 0 Å². The molecule has 9 heavy (non-hydrogen) atoms. The van der Waals surface area contributed by atoms with Crippen LogP contribution in [0.1, 0.15) is 19.3 Å². The van der Waals surface area contributed by atoms with E-state index in [9.17, 15) is 4.79 Å². The quantitative estimate of drug-likeness (QED) is 0.277. The van der Waals surface area contributed by atoms with Crippen LogP contribution >= 0.6 is 0 Å². The molecule has 0 N–H and O–H groups in total. The molecule has 0 aromatic rings. The van der Waals surface area contributed by atoms with Crippen molar-refractivity contribution in [2.24, 2.45) is 0 Å². The van der Waals surface area contributed by atoms with E-state index in [1.54, 1.807) is 0 Å². The summed E-state index contributed by atoms with van der Waals surface area (Å²) in [4.78, 5) is 10.5. The van der Waals surface area contributed by atoms with E-state index in [4.69, 9.17) is 5.26 Å². The fourth-order valence-corrected chi connectivity index (χ4v) is 0.834. The fraction of sp³-hybridized carbons (Fsp3) is 0.500. The Morgan fingerprint density at radius 1 is 1.67 bits per heavy atom. The van der Waals surface area contributed by atoms with Gasteiger partial charge in [0, 0.05) is 5.78 Å². The van der Waals surface area contributed by atoms with Crippen molar-refractivity contribution in [1.82, 2.24) is 0 Å². The first kappa shape index (κ1) is 9.03. The second-order valence-electron chi connectivity index (χ2n) is 1.87. The molecule has 0 spiro atoms. The van der Waals surface area contributed by atoms with Gasteiger partial charge in [-0.1, -0.05) is 12.5 Å². The van der Waals surface area contributed by atoms with Gasteiger partial charge < -0.3 is 4.79 Å². The van der Waals surface area contributed by atoms with Crippen LogP contribution < -0.4 is 29.6 Å². The van der Waals surface area contributed by atoms with E-state index in [0.717, 1.165) is 6.42 Å². The van der Waals surface area contributed by atoms with Gasteiger partial charge in [0.25, 0.3) is 0 Å². The van der Waals surface area contributed by atoms with Crippen molar-refractivity contribution in [1.29, 1.82) is 5.26 Å². The van der Waals surface area contributed by atoms with E-state index in [0.29, 0.717) is 18.8 Å². The molecular weight excluding hydrogens is 125 g/mol. The monoisotopic (exact) mass is 131 g/mol. The number of nitriles is 1. The largest absolute Gasteiger partial charge is 1.00 e. The van der Waals surface area contributed by atoms with E-state index in [-0.39, 0.29) is 35.3 Å². The molecule has 1 saturated carbocycles. The number of carbonyl (C=O) groups is 1. The van der Waals surface area contributed by atoms with Gasteiger partial charge in [-0.15, -0.1) is 6.42 Å². The van der Waals surface area contributed by atoms with Gasteiger partial charge >= 0.3 is 29.6 Å². The van der Waals surface area contributed by atoms with E-state index >= 15 is 0 Å². The maximum atomic E-state index is 10.5. The Kier molecular flexibility index (Phi) is 3.96. The van der Waals surface area contributed by atoms with Crippen molar-refractivity contribution in [3.05, 3.63) is 5.92 Å². The molecule has 0 saturated heterocycles. The van der Waals surface area contributed by atoms with Crippen LogP contribution in [0.25, 0.3) is 0 Å². The first-order valence-electron chi connectivity index (χ1n) is 2.63. The third kappa shape index (κ3) is 2.02. The average molecular weight is 131 g/mol. The normalized spacial score (nSPS) is 16.8. The molecule has 1 aliphatic carbocycles. The fourth-order valence-electron chi connectivity index (χ4n) is 0.834. The molecule has 42 valence electrons. The Morgan fingerprint density at radius 3 is 2.56 bits per heavy atom. The Morgan fingerprint density at radius 2 is 2.33 bits per heavy atom. The maximum Gasteiger partial charge on any atom is 1.00 e. The first-order chi connectivity index (χ1) is 3.84. The van der Waals surface area contributed by atoms with E-state index in [2.05, 4.69) is 0 Å². The predicted molar refractivity (Wildman–Crippen MR) is 27.7 cm³/mol. The molecule has 0 amide bonds. The zero-order chi connectivity index (χ0) is 5.98. The minimum absolute atomic E-state index is 0. The molecule has 0 atom stereocenters. The van der Waals surface area contributed by atoms with Crippen LogP contribution in [0.15, 0.2) is 0 Å². The zero-order valence-corrected chi connectivity index (χ0v) is 7.48. The van der Waals surface area contributed by atoms with Crippen molar-refractivity contribution in [2.75, 3.05) is 0 Å². The minimum atomic E-state index is 0. The molecule has 1 rings (SSSR count). The third-order valence-electron chi connectivity index (χ3n) is 1.30. The summed E-state index contributed by atoms with van der Waals surface area (Å²) in [7, 11) is 0. The molecular formula is C6H6NNaO. The van der Waals surface area contributed by atoms with Gasteiger partial charge in [-0.05, 0) is 6.42 Å². The molecule has 0 aromatic heterocycles. The summed E-state index contributed by atoms with van der Waals surface area (Å²) in [5.41, 5.74) is 0. The zero-order valence-electron chi connectivity index (χ0n) is 5.48. The minimum Gasteiger partial charge on any atom is -0.333 e. The van der Waals surface area contributed by atoms with Crippen molar-refractivity contribution in [2.45, 2.75) is 19.3 Å². The average Bonchev–Trinajstić information content (AvgIpc) is 2.14. The van der Waals surface area contributed by atoms with Crippen LogP contribution in [0.3, 0.4) is 0 Å². The summed E-state index contributed by atoms with van der Waals surface area (Å²) in [5, 5.41) is 8.23. The van der Waals surface area contributed by atoms with Crippen LogP contribution in [-0.4, -0.2) is 5.78 Å². The van der Waals surface area contributed by atoms with Crippen LogP contribution in [-0.2, 0) is 4.79 Å². The summed E-state index contributed by atoms with van der Waals surface area (Å²) >= 11 is 0. The van der Waals surface area contributed by atoms with Crippen LogP contribution in [0, 0.1) is 17.2 Å². The second-order valence-corrected chi connectivity index (χ2v) is 1.87. The Labute approximate surface area is 76.5 Å². The van der Waals surface area contributed by atoms with E-state index < -0.39 is 0 Å². The van der Waals surface area contributed by atoms with Gasteiger partial charge in [0.15, 0.2) is 0 Å². The van der Waals surface area contributed by atoms with Gasteiger partial charge in [0.1, 0.15) is 0 Å². The Hall–Kier alpha value is 0.0300. The second kappa shape index (κ2) is 3.94. The van der Waals surface area contributed by atoms with Crippen molar-refractivity contribution >= 4 is 5.78 Å². The number of hydrogen-bond donors (Lipinski definition) is 0. The Bertz CT molecular complexity index is 150. The molecule has 0 aromatic carbocycles. The summed E-state index contributed by atoms with van der Waals surface area (Å²) in [6.45, 7) is 0. The summed E-state index contributed by atoms with van der Waals surface area (Å²) in [6.07, 6.45) is 2.17. The summed E-state index contributed by atoms with van der Waals surface area (Å²) in [5.74, 6) is 0.512. The van der Waals surface area contributed by atoms with Crippen molar-refractivity contribution in [3.63, 3.8) is 0 Å². The summed E-state index contributed by atoms with van der Waals surface area (Å²) in [6, 6.07) is 1.88. The standard InChI is InChI=1S/C6H6NO.Na/c7-4-5-2-1-3-6(5)8;/h1-3H2;/q-1;+1. The van der Waals surface area contributed by atoms with Gasteiger partial charge in [-0.2, -0.15) is 0 Å². The van der Waals surface area contributed by atoms with E-state index in [1.807, 2.05) is 6.07 Å². The van der Waals surface area contributed by atoms with Crippen LogP contribution in [0.2, 0.25) is 0 Å². The summed E-state index contributed by atoms with van der Waals surface area (Å²) < 4.78 is 0. The smallest absolute Gasteiger partial charge is 0.333 e. The van der Waals surface area contributed by atoms with Crippen LogP contribution in [0.4, 0.5) is 0 Å². The molecule has 1 fully saturated rings. The third-order valence-corrected chi connectivity index (χ3v) is 1.30. The Balaban J connectivity index is 0.000000640. The maximum absolute atomic E-state index is 10.5. The number of Topliss-reactive ketones (excluding diaryl/α,β-unsaturated/α-hetero) is 1. The van der Waals surface area contributed by atoms with Gasteiger partial charge in [-0.25, -0.2) is 11.2 Å². The van der Waals surface area contributed by atoms with Gasteiger partial charge in [0.05, 0.1) is 0 Å². The molecule has 2 nitrogen and oxygen atoms in total. The van der Waals surface area contributed by atoms with Gasteiger partial charge in [-0.3, -0.25) is 0 Å². The molecule has 1 aliphatic rings. The molecule has 0 radical (unpaired) electrons. The van der Waals surface area contributed by atoms with Crippen LogP contribution in [0.5, 0.6) is 0 Å². The number of hydrogen-bond acceptors (Lipinski definition) is 2. The SMILES string of the molecule is N#C[C-]1CCCC1=O.[Na+]. The molecule has 0 aliphatic heterocycles. The number of rotatable bonds is 0. The number of carbonyl (C=O) groups excluding carboxylic acids is 1. The topological polar surface area (TPSA) is 40.9 Å². The number of nitrogens with zero attached hydrogens (tertiary/aromatic N) is 1.